The summed E-state index contributed by atoms with van der Waals surface area (Å²) in [4.78, 5) is 11.5. The molecule has 0 aliphatic rings. The third kappa shape index (κ3) is 6.25. The zero-order valence-corrected chi connectivity index (χ0v) is 13.4. The third-order valence-corrected chi connectivity index (χ3v) is 3.41. The van der Waals surface area contributed by atoms with Crippen LogP contribution in [0.5, 0.6) is 0 Å². The molecule has 4 nitrogen and oxygen atoms in total. The molecule has 0 amide bonds. The highest BCUT2D eigenvalue weighted by Crippen LogP contribution is 2.10. The topological polar surface area (TPSA) is 50.4 Å². The van der Waals surface area contributed by atoms with Crippen molar-refractivity contribution in [1.29, 1.82) is 0 Å². The first-order chi connectivity index (χ1) is 9.67. The van der Waals surface area contributed by atoms with Crippen LogP contribution in [-0.4, -0.2) is 36.2 Å². The van der Waals surface area contributed by atoms with E-state index in [0.717, 1.165) is 24.4 Å². The molecule has 1 rings (SSSR count). The molecule has 20 heavy (non-hydrogen) atoms. The fourth-order valence-electron chi connectivity index (χ4n) is 1.50. The molecule has 0 aliphatic carbocycles. The number of anilines is 1. The molecule has 110 valence electrons. The maximum absolute atomic E-state index is 11.5. The van der Waals surface area contributed by atoms with Gasteiger partial charge in [-0.05, 0) is 61.8 Å². The SMILES string of the molecule is CCOC(=O)c1ccc(NC(=S)NCCCSC)cc1. The lowest BCUT2D eigenvalue weighted by molar-refractivity contribution is 0.0526. The number of hydrogen-bond donors (Lipinski definition) is 2. The van der Waals surface area contributed by atoms with Gasteiger partial charge in [-0.3, -0.25) is 0 Å². The fourth-order valence-corrected chi connectivity index (χ4v) is 2.15. The monoisotopic (exact) mass is 312 g/mol. The van der Waals surface area contributed by atoms with E-state index in [-0.39, 0.29) is 5.97 Å². The quantitative estimate of drug-likeness (QED) is 0.459. The van der Waals surface area contributed by atoms with Gasteiger partial charge >= 0.3 is 5.97 Å². The molecule has 0 atom stereocenters. The fraction of sp³-hybridized carbons (Fsp3) is 0.429. The van der Waals surface area contributed by atoms with Crippen LogP contribution in [0.15, 0.2) is 24.3 Å². The maximum Gasteiger partial charge on any atom is 0.338 e. The Labute approximate surface area is 129 Å². The molecule has 0 saturated heterocycles. The molecule has 2 N–H and O–H groups in total. The molecule has 0 bridgehead atoms. The molecular formula is C14H20N2O2S2. The Hall–Kier alpha value is -1.27. The molecule has 0 fully saturated rings. The van der Waals surface area contributed by atoms with E-state index in [1.54, 1.807) is 19.1 Å². The van der Waals surface area contributed by atoms with Crippen molar-refractivity contribution in [2.75, 3.05) is 30.5 Å². The van der Waals surface area contributed by atoms with Crippen LogP contribution in [0, 0.1) is 0 Å². The molecule has 0 spiro atoms. The van der Waals surface area contributed by atoms with Gasteiger partial charge in [-0.25, -0.2) is 4.79 Å². The minimum absolute atomic E-state index is 0.309. The largest absolute Gasteiger partial charge is 0.462 e. The van der Waals surface area contributed by atoms with Crippen molar-refractivity contribution in [3.63, 3.8) is 0 Å². The molecule has 0 aliphatic heterocycles. The molecule has 0 saturated carbocycles. The van der Waals surface area contributed by atoms with Crippen LogP contribution in [0.25, 0.3) is 0 Å². The average molecular weight is 312 g/mol. The van der Waals surface area contributed by atoms with Crippen molar-refractivity contribution in [2.24, 2.45) is 0 Å². The zero-order chi connectivity index (χ0) is 14.8. The Morgan fingerprint density at radius 1 is 1.35 bits per heavy atom. The lowest BCUT2D eigenvalue weighted by Crippen LogP contribution is -2.29. The highest BCUT2D eigenvalue weighted by Gasteiger charge is 2.05. The van der Waals surface area contributed by atoms with E-state index in [1.807, 2.05) is 23.9 Å². The van der Waals surface area contributed by atoms with E-state index in [1.165, 1.54) is 0 Å². The van der Waals surface area contributed by atoms with Crippen molar-refractivity contribution in [2.45, 2.75) is 13.3 Å². The van der Waals surface area contributed by atoms with Gasteiger partial charge in [-0.1, -0.05) is 0 Å². The van der Waals surface area contributed by atoms with Gasteiger partial charge in [0.05, 0.1) is 12.2 Å². The average Bonchev–Trinajstić information content (AvgIpc) is 2.45. The zero-order valence-electron chi connectivity index (χ0n) is 11.8. The number of hydrogen-bond acceptors (Lipinski definition) is 4. The highest BCUT2D eigenvalue weighted by molar-refractivity contribution is 7.98. The Balaban J connectivity index is 2.41. The summed E-state index contributed by atoms with van der Waals surface area (Å²) in [5.41, 5.74) is 1.39. The Morgan fingerprint density at radius 3 is 2.65 bits per heavy atom. The molecule has 0 radical (unpaired) electrons. The third-order valence-electron chi connectivity index (χ3n) is 2.46. The van der Waals surface area contributed by atoms with Crippen molar-refractivity contribution >= 4 is 40.7 Å². The molecule has 6 heteroatoms. The number of nitrogens with one attached hydrogen (secondary N) is 2. The van der Waals surface area contributed by atoms with Gasteiger partial charge in [-0.2, -0.15) is 11.8 Å². The second-order valence-corrected chi connectivity index (χ2v) is 5.42. The lowest BCUT2D eigenvalue weighted by Gasteiger charge is -2.10. The number of thioether (sulfide) groups is 1. The normalized spacial score (nSPS) is 9.90. The van der Waals surface area contributed by atoms with Crippen molar-refractivity contribution < 1.29 is 9.53 Å². The first kappa shape index (κ1) is 16.8. The van der Waals surface area contributed by atoms with Crippen LogP contribution >= 0.6 is 24.0 Å². The minimum atomic E-state index is -0.309. The Kier molecular flexibility index (Phi) is 8.06. The van der Waals surface area contributed by atoms with Crippen LogP contribution in [0.2, 0.25) is 0 Å². The smallest absolute Gasteiger partial charge is 0.338 e. The summed E-state index contributed by atoms with van der Waals surface area (Å²) in [5.74, 6) is 0.806. The van der Waals surface area contributed by atoms with E-state index >= 15 is 0 Å². The van der Waals surface area contributed by atoms with Gasteiger partial charge in [-0.15, -0.1) is 0 Å². The van der Waals surface area contributed by atoms with E-state index in [2.05, 4.69) is 16.9 Å². The van der Waals surface area contributed by atoms with Crippen molar-refractivity contribution in [3.8, 4) is 0 Å². The van der Waals surface area contributed by atoms with E-state index in [9.17, 15) is 4.79 Å². The van der Waals surface area contributed by atoms with Gasteiger partial charge in [0.25, 0.3) is 0 Å². The first-order valence-corrected chi connectivity index (χ1v) is 8.28. The van der Waals surface area contributed by atoms with E-state index < -0.39 is 0 Å². The second kappa shape index (κ2) is 9.61. The summed E-state index contributed by atoms with van der Waals surface area (Å²) in [5, 5.41) is 6.81. The highest BCUT2D eigenvalue weighted by atomic mass is 32.2. The second-order valence-electron chi connectivity index (χ2n) is 4.03. The first-order valence-electron chi connectivity index (χ1n) is 6.48. The Bertz CT molecular complexity index is 435. The van der Waals surface area contributed by atoms with Crippen molar-refractivity contribution in [3.05, 3.63) is 29.8 Å². The minimum Gasteiger partial charge on any atom is -0.462 e. The summed E-state index contributed by atoms with van der Waals surface area (Å²) in [6, 6.07) is 7.05. The molecular weight excluding hydrogens is 292 g/mol. The predicted molar refractivity (Wildman–Crippen MR) is 89.6 cm³/mol. The number of carbonyl (C=O) groups excluding carboxylic acids is 1. The van der Waals surface area contributed by atoms with E-state index in [4.69, 9.17) is 17.0 Å². The molecule has 0 heterocycles. The predicted octanol–water partition coefficient (Wildman–Crippen LogP) is 2.90. The number of rotatable bonds is 7. The van der Waals surface area contributed by atoms with Crippen LogP contribution in [0.1, 0.15) is 23.7 Å². The standard InChI is InChI=1S/C14H20N2O2S2/c1-3-18-13(17)11-5-7-12(8-6-11)16-14(19)15-9-4-10-20-2/h5-8H,3-4,9-10H2,1-2H3,(H2,15,16,19). The summed E-state index contributed by atoms with van der Waals surface area (Å²) < 4.78 is 4.93. The maximum atomic E-state index is 11.5. The molecule has 1 aromatic carbocycles. The van der Waals surface area contributed by atoms with Crippen LogP contribution in [-0.2, 0) is 4.74 Å². The van der Waals surface area contributed by atoms with E-state index in [0.29, 0.717) is 17.3 Å². The number of carbonyl (C=O) groups is 1. The summed E-state index contributed by atoms with van der Waals surface area (Å²) in [7, 11) is 0. The van der Waals surface area contributed by atoms with Crippen molar-refractivity contribution in [1.82, 2.24) is 5.32 Å². The van der Waals surface area contributed by atoms with Gasteiger partial charge in [0.2, 0.25) is 0 Å². The molecule has 0 unspecified atom stereocenters. The van der Waals surface area contributed by atoms with Crippen LogP contribution < -0.4 is 10.6 Å². The Morgan fingerprint density at radius 2 is 2.05 bits per heavy atom. The number of esters is 1. The van der Waals surface area contributed by atoms with Gasteiger partial charge < -0.3 is 15.4 Å². The van der Waals surface area contributed by atoms with Gasteiger partial charge in [0.1, 0.15) is 0 Å². The lowest BCUT2D eigenvalue weighted by atomic mass is 10.2. The summed E-state index contributed by atoms with van der Waals surface area (Å²) >= 11 is 7.01. The number of ether oxygens (including phenoxy) is 1. The van der Waals surface area contributed by atoms with Crippen LogP contribution in [0.3, 0.4) is 0 Å². The summed E-state index contributed by atoms with van der Waals surface area (Å²) in [6.45, 7) is 3.02. The number of thiocarbonyl (C=S) groups is 1. The van der Waals surface area contributed by atoms with Gasteiger partial charge in [0, 0.05) is 12.2 Å². The van der Waals surface area contributed by atoms with Gasteiger partial charge in [0.15, 0.2) is 5.11 Å². The molecule has 0 aromatic heterocycles. The summed E-state index contributed by atoms with van der Waals surface area (Å²) in [6.07, 6.45) is 3.16. The van der Waals surface area contributed by atoms with Crippen LogP contribution in [0.4, 0.5) is 5.69 Å². The molecule has 1 aromatic rings. The number of benzene rings is 1.